The van der Waals surface area contributed by atoms with Gasteiger partial charge in [0.15, 0.2) is 0 Å². The quantitative estimate of drug-likeness (QED) is 0.765. The number of piperazine rings is 1. The molecule has 7 nitrogen and oxygen atoms in total. The smallest absolute Gasteiger partial charge is 0.242 e. The normalized spacial score (nSPS) is 14.5. The number of rotatable bonds is 6. The summed E-state index contributed by atoms with van der Waals surface area (Å²) in [5.74, 6) is 0.781. The molecule has 1 fully saturated rings. The van der Waals surface area contributed by atoms with Gasteiger partial charge >= 0.3 is 0 Å². The zero-order chi connectivity index (χ0) is 20.3. The van der Waals surface area contributed by atoms with Crippen LogP contribution in [0.1, 0.15) is 28.9 Å². The number of hydrogen-bond acceptors (Lipinski definition) is 4. The number of nitrogens with zero attached hydrogens (tertiary/aromatic N) is 4. The number of aryl methyl sites for hydroxylation is 2. The summed E-state index contributed by atoms with van der Waals surface area (Å²) in [5.41, 5.74) is 4.29. The predicted molar refractivity (Wildman–Crippen MR) is 106 cm³/mol. The third-order valence-electron chi connectivity index (χ3n) is 5.48. The molecule has 150 valence electrons. The molecule has 0 radical (unpaired) electrons. The maximum atomic E-state index is 12.6. The van der Waals surface area contributed by atoms with Crippen molar-refractivity contribution >= 4 is 11.8 Å². The van der Waals surface area contributed by atoms with E-state index in [2.05, 4.69) is 5.10 Å². The number of carbonyl (C=O) groups is 2. The first-order chi connectivity index (χ1) is 13.4. The van der Waals surface area contributed by atoms with Gasteiger partial charge in [0.2, 0.25) is 11.8 Å². The second-order valence-corrected chi connectivity index (χ2v) is 7.25. The van der Waals surface area contributed by atoms with E-state index in [1.54, 1.807) is 16.9 Å². The molecule has 0 atom stereocenters. The van der Waals surface area contributed by atoms with E-state index >= 15 is 0 Å². The van der Waals surface area contributed by atoms with E-state index in [0.29, 0.717) is 32.6 Å². The van der Waals surface area contributed by atoms with Crippen LogP contribution in [0.2, 0.25) is 0 Å². The summed E-state index contributed by atoms with van der Waals surface area (Å²) in [5, 5.41) is 4.47. The SMILES string of the molecule is COc1ccc(CN2CCN(C(=O)CCn3nc(C)c(C)c3C)CC2=O)cc1. The van der Waals surface area contributed by atoms with Crippen molar-refractivity contribution in [3.63, 3.8) is 0 Å². The molecular formula is C21H28N4O3. The number of methoxy groups -OCH3 is 1. The van der Waals surface area contributed by atoms with Crippen LogP contribution in [0.4, 0.5) is 0 Å². The summed E-state index contributed by atoms with van der Waals surface area (Å²) >= 11 is 0. The molecular weight excluding hydrogens is 356 g/mol. The Balaban J connectivity index is 1.51. The minimum atomic E-state index is -0.0163. The first-order valence-corrected chi connectivity index (χ1v) is 9.58. The molecule has 1 aliphatic heterocycles. The van der Waals surface area contributed by atoms with Gasteiger partial charge in [-0.2, -0.15) is 5.10 Å². The lowest BCUT2D eigenvalue weighted by Crippen LogP contribution is -2.51. The average molecular weight is 384 g/mol. The van der Waals surface area contributed by atoms with E-state index in [1.807, 2.05) is 49.7 Å². The molecule has 0 bridgehead atoms. The Hall–Kier alpha value is -2.83. The molecule has 0 unspecified atom stereocenters. The molecule has 0 saturated carbocycles. The zero-order valence-corrected chi connectivity index (χ0v) is 17.1. The number of amides is 2. The van der Waals surface area contributed by atoms with Gasteiger partial charge in [-0.05, 0) is 44.0 Å². The Labute approximate surface area is 165 Å². The first-order valence-electron chi connectivity index (χ1n) is 9.58. The number of carbonyl (C=O) groups excluding carboxylic acids is 2. The van der Waals surface area contributed by atoms with Crippen molar-refractivity contribution in [2.45, 2.75) is 40.3 Å². The number of ether oxygens (including phenoxy) is 1. The Bertz CT molecular complexity index is 857. The number of aromatic nitrogens is 2. The van der Waals surface area contributed by atoms with E-state index in [-0.39, 0.29) is 18.4 Å². The van der Waals surface area contributed by atoms with Crippen molar-refractivity contribution in [2.24, 2.45) is 0 Å². The van der Waals surface area contributed by atoms with E-state index in [4.69, 9.17) is 4.74 Å². The highest BCUT2D eigenvalue weighted by atomic mass is 16.5. The third-order valence-corrected chi connectivity index (χ3v) is 5.48. The molecule has 1 aromatic carbocycles. The van der Waals surface area contributed by atoms with Gasteiger partial charge in [0, 0.05) is 38.3 Å². The van der Waals surface area contributed by atoms with Crippen molar-refractivity contribution in [2.75, 3.05) is 26.7 Å². The highest BCUT2D eigenvalue weighted by molar-refractivity contribution is 5.86. The predicted octanol–water partition coefficient (Wildman–Crippen LogP) is 2.08. The van der Waals surface area contributed by atoms with E-state index in [0.717, 1.165) is 28.3 Å². The van der Waals surface area contributed by atoms with Crippen LogP contribution in [0.5, 0.6) is 5.75 Å². The van der Waals surface area contributed by atoms with Gasteiger partial charge in [-0.1, -0.05) is 12.1 Å². The van der Waals surface area contributed by atoms with Gasteiger partial charge in [-0.15, -0.1) is 0 Å². The van der Waals surface area contributed by atoms with Crippen LogP contribution in [-0.2, 0) is 22.7 Å². The van der Waals surface area contributed by atoms with Crippen LogP contribution in [0.3, 0.4) is 0 Å². The van der Waals surface area contributed by atoms with Gasteiger partial charge < -0.3 is 14.5 Å². The monoisotopic (exact) mass is 384 g/mol. The summed E-state index contributed by atoms with van der Waals surface area (Å²) < 4.78 is 7.04. The topological polar surface area (TPSA) is 67.7 Å². The largest absolute Gasteiger partial charge is 0.497 e. The zero-order valence-electron chi connectivity index (χ0n) is 17.1. The van der Waals surface area contributed by atoms with Gasteiger partial charge in [0.05, 0.1) is 19.3 Å². The molecule has 1 saturated heterocycles. The Morgan fingerprint density at radius 1 is 1.14 bits per heavy atom. The van der Waals surface area contributed by atoms with Crippen molar-refractivity contribution in [1.29, 1.82) is 0 Å². The molecule has 2 heterocycles. The number of hydrogen-bond donors (Lipinski definition) is 0. The van der Waals surface area contributed by atoms with Crippen molar-refractivity contribution in [3.8, 4) is 5.75 Å². The molecule has 0 N–H and O–H groups in total. The van der Waals surface area contributed by atoms with Crippen LogP contribution in [-0.4, -0.2) is 58.1 Å². The first kappa shape index (κ1) is 19.9. The van der Waals surface area contributed by atoms with E-state index in [9.17, 15) is 9.59 Å². The summed E-state index contributed by atoms with van der Waals surface area (Å²) in [7, 11) is 1.63. The fraction of sp³-hybridized carbons (Fsp3) is 0.476. The third kappa shape index (κ3) is 4.35. The van der Waals surface area contributed by atoms with Gasteiger partial charge in [0.25, 0.3) is 0 Å². The summed E-state index contributed by atoms with van der Waals surface area (Å²) in [6, 6.07) is 7.70. The second kappa shape index (κ2) is 8.46. The van der Waals surface area contributed by atoms with Crippen molar-refractivity contribution in [3.05, 3.63) is 46.8 Å². The fourth-order valence-electron chi connectivity index (χ4n) is 3.40. The molecule has 2 aromatic rings. The molecule has 28 heavy (non-hydrogen) atoms. The standard InChI is InChI=1S/C21H28N4O3/c1-15-16(2)22-25(17(15)3)10-9-20(26)24-12-11-23(21(27)14-24)13-18-5-7-19(28-4)8-6-18/h5-8H,9-14H2,1-4H3. The highest BCUT2D eigenvalue weighted by Gasteiger charge is 2.27. The maximum Gasteiger partial charge on any atom is 0.242 e. The lowest BCUT2D eigenvalue weighted by molar-refractivity contribution is -0.145. The Morgan fingerprint density at radius 3 is 2.43 bits per heavy atom. The van der Waals surface area contributed by atoms with Crippen LogP contribution in [0.25, 0.3) is 0 Å². The molecule has 0 aliphatic carbocycles. The molecule has 7 heteroatoms. The molecule has 2 amide bonds. The fourth-order valence-corrected chi connectivity index (χ4v) is 3.40. The Kier molecular flexibility index (Phi) is 6.02. The number of benzene rings is 1. The van der Waals surface area contributed by atoms with E-state index in [1.165, 1.54) is 0 Å². The Morgan fingerprint density at radius 2 is 1.86 bits per heavy atom. The lowest BCUT2D eigenvalue weighted by Gasteiger charge is -2.34. The van der Waals surface area contributed by atoms with Gasteiger partial charge in [0.1, 0.15) is 5.75 Å². The van der Waals surface area contributed by atoms with Crippen LogP contribution < -0.4 is 4.74 Å². The molecule has 1 aromatic heterocycles. The van der Waals surface area contributed by atoms with Crippen LogP contribution >= 0.6 is 0 Å². The molecule has 0 spiro atoms. The lowest BCUT2D eigenvalue weighted by atomic mass is 10.2. The van der Waals surface area contributed by atoms with E-state index < -0.39 is 0 Å². The van der Waals surface area contributed by atoms with Crippen molar-refractivity contribution in [1.82, 2.24) is 19.6 Å². The van der Waals surface area contributed by atoms with Crippen LogP contribution in [0, 0.1) is 20.8 Å². The molecule has 3 rings (SSSR count). The summed E-state index contributed by atoms with van der Waals surface area (Å²) in [6.45, 7) is 8.38. The minimum absolute atomic E-state index is 0.00246. The second-order valence-electron chi connectivity index (χ2n) is 7.25. The van der Waals surface area contributed by atoms with Crippen LogP contribution in [0.15, 0.2) is 24.3 Å². The molecule has 1 aliphatic rings. The average Bonchev–Trinajstić information content (AvgIpc) is 2.95. The van der Waals surface area contributed by atoms with Crippen molar-refractivity contribution < 1.29 is 14.3 Å². The minimum Gasteiger partial charge on any atom is -0.497 e. The maximum absolute atomic E-state index is 12.6. The van der Waals surface area contributed by atoms with Gasteiger partial charge in [-0.3, -0.25) is 14.3 Å². The summed E-state index contributed by atoms with van der Waals surface area (Å²) in [6.07, 6.45) is 0.354. The summed E-state index contributed by atoms with van der Waals surface area (Å²) in [4.78, 5) is 28.5. The highest BCUT2D eigenvalue weighted by Crippen LogP contribution is 2.16. The van der Waals surface area contributed by atoms with Gasteiger partial charge in [-0.25, -0.2) is 0 Å².